The van der Waals surface area contributed by atoms with Crippen molar-refractivity contribution >= 4 is 33.3 Å². The van der Waals surface area contributed by atoms with Gasteiger partial charge in [-0.05, 0) is 22.0 Å². The van der Waals surface area contributed by atoms with Crippen LogP contribution in [-0.2, 0) is 0 Å². The molecule has 0 spiro atoms. The van der Waals surface area contributed by atoms with E-state index in [0.717, 1.165) is 0 Å². The van der Waals surface area contributed by atoms with E-state index < -0.39 is 0 Å². The third-order valence-electron chi connectivity index (χ3n) is 1.87. The Hall–Kier alpha value is -1.27. The first-order valence-corrected chi connectivity index (χ1v) is 5.50. The summed E-state index contributed by atoms with van der Waals surface area (Å²) < 4.78 is 0.557. The van der Waals surface area contributed by atoms with Gasteiger partial charge in [0.2, 0.25) is 0 Å². The molecule has 16 heavy (non-hydrogen) atoms. The number of carbonyl (C=O) groups is 1. The van der Waals surface area contributed by atoms with Crippen molar-refractivity contribution in [1.82, 2.24) is 20.0 Å². The average Bonchev–Trinajstić information content (AvgIpc) is 2.64. The lowest BCUT2D eigenvalue weighted by Crippen LogP contribution is -2.09. The zero-order chi connectivity index (χ0) is 11.7. The van der Waals surface area contributed by atoms with Crippen molar-refractivity contribution in [2.45, 2.75) is 6.92 Å². The van der Waals surface area contributed by atoms with E-state index in [9.17, 15) is 4.79 Å². The molecule has 0 unspecified atom stereocenters. The predicted molar refractivity (Wildman–Crippen MR) is 61.9 cm³/mol. The smallest absolute Gasteiger partial charge is 0.180 e. The number of ketones is 1. The van der Waals surface area contributed by atoms with Crippen LogP contribution in [0.3, 0.4) is 0 Å². The van der Waals surface area contributed by atoms with Crippen molar-refractivity contribution < 1.29 is 4.79 Å². The Bertz CT molecular complexity index is 554. The van der Waals surface area contributed by atoms with E-state index in [0.29, 0.717) is 15.3 Å². The molecule has 7 heteroatoms. The molecule has 2 rings (SSSR count). The number of carbonyl (C=O) groups excluding carboxylic acids is 1. The van der Waals surface area contributed by atoms with E-state index in [4.69, 9.17) is 11.6 Å². The monoisotopic (exact) mass is 300 g/mol. The Balaban J connectivity index is 2.67. The first kappa shape index (κ1) is 11.2. The van der Waals surface area contributed by atoms with Crippen molar-refractivity contribution in [3.05, 3.63) is 33.8 Å². The highest BCUT2D eigenvalue weighted by molar-refractivity contribution is 9.10. The molecule has 0 saturated heterocycles. The van der Waals surface area contributed by atoms with Crippen molar-refractivity contribution in [2.75, 3.05) is 0 Å². The molecule has 2 aromatic heterocycles. The van der Waals surface area contributed by atoms with Gasteiger partial charge in [-0.15, -0.1) is 9.90 Å². The van der Waals surface area contributed by atoms with Crippen molar-refractivity contribution in [3.63, 3.8) is 0 Å². The minimum absolute atomic E-state index is 0.189. The molecular formula is C9H6BrClN4O. The van der Waals surface area contributed by atoms with E-state index in [1.807, 2.05) is 0 Å². The molecule has 0 radical (unpaired) electrons. The zero-order valence-corrected chi connectivity index (χ0v) is 10.5. The summed E-state index contributed by atoms with van der Waals surface area (Å²) in [4.78, 5) is 16.6. The highest BCUT2D eigenvalue weighted by Crippen LogP contribution is 2.22. The lowest BCUT2D eigenvalue weighted by Gasteiger charge is -2.06. The van der Waals surface area contributed by atoms with Crippen LogP contribution in [0.1, 0.15) is 17.4 Å². The van der Waals surface area contributed by atoms with Gasteiger partial charge in [0.1, 0.15) is 16.0 Å². The summed E-state index contributed by atoms with van der Waals surface area (Å²) in [6, 6.07) is 1.58. The standard InChI is InChI=1S/C9H6BrClN4O/c1-5(16)8-9(6(11)2-3-12-8)15-13-4-7(10)14-15/h2-4H,1H3. The Morgan fingerprint density at radius 1 is 1.56 bits per heavy atom. The van der Waals surface area contributed by atoms with Gasteiger partial charge < -0.3 is 0 Å². The van der Waals surface area contributed by atoms with E-state index in [1.54, 1.807) is 6.07 Å². The maximum Gasteiger partial charge on any atom is 0.180 e. The van der Waals surface area contributed by atoms with Gasteiger partial charge in [-0.25, -0.2) is 0 Å². The van der Waals surface area contributed by atoms with Crippen LogP contribution in [0.2, 0.25) is 5.02 Å². The van der Waals surface area contributed by atoms with Crippen LogP contribution in [0.4, 0.5) is 0 Å². The summed E-state index contributed by atoms with van der Waals surface area (Å²) in [6.07, 6.45) is 2.98. The Labute approximate surface area is 105 Å². The number of pyridine rings is 1. The Kier molecular flexibility index (Phi) is 3.02. The second kappa shape index (κ2) is 4.31. The molecule has 2 heterocycles. The van der Waals surface area contributed by atoms with Crippen LogP contribution in [0.15, 0.2) is 23.1 Å². The molecule has 0 aliphatic carbocycles. The number of halogens is 2. The number of hydrogen-bond donors (Lipinski definition) is 0. The third kappa shape index (κ3) is 1.98. The fraction of sp³-hybridized carbons (Fsp3) is 0.111. The molecule has 0 saturated carbocycles. The maximum atomic E-state index is 11.4. The summed E-state index contributed by atoms with van der Waals surface area (Å²) >= 11 is 9.18. The minimum Gasteiger partial charge on any atom is -0.293 e. The van der Waals surface area contributed by atoms with Gasteiger partial charge in [0, 0.05) is 13.1 Å². The molecule has 0 atom stereocenters. The molecule has 82 valence electrons. The minimum atomic E-state index is -0.189. The van der Waals surface area contributed by atoms with E-state index in [-0.39, 0.29) is 11.5 Å². The molecule has 0 bridgehead atoms. The summed E-state index contributed by atoms with van der Waals surface area (Å²) in [5.41, 5.74) is 0.637. The molecule has 0 aliphatic heterocycles. The first-order chi connectivity index (χ1) is 7.59. The van der Waals surface area contributed by atoms with Gasteiger partial charge in [0.05, 0.1) is 11.2 Å². The molecule has 0 aliphatic rings. The van der Waals surface area contributed by atoms with E-state index in [1.165, 1.54) is 24.1 Å². The second-order valence-corrected chi connectivity index (χ2v) is 4.22. The van der Waals surface area contributed by atoms with Crippen molar-refractivity contribution in [1.29, 1.82) is 0 Å². The van der Waals surface area contributed by atoms with Gasteiger partial charge >= 0.3 is 0 Å². The van der Waals surface area contributed by atoms with Gasteiger partial charge in [-0.3, -0.25) is 9.78 Å². The highest BCUT2D eigenvalue weighted by atomic mass is 79.9. The quantitative estimate of drug-likeness (QED) is 0.798. The van der Waals surface area contributed by atoms with Gasteiger partial charge in [-0.2, -0.15) is 5.10 Å². The lowest BCUT2D eigenvalue weighted by atomic mass is 10.2. The van der Waals surface area contributed by atoms with Gasteiger partial charge in [0.15, 0.2) is 5.78 Å². The van der Waals surface area contributed by atoms with Crippen LogP contribution in [0, 0.1) is 0 Å². The molecule has 0 N–H and O–H groups in total. The van der Waals surface area contributed by atoms with Crippen molar-refractivity contribution in [3.8, 4) is 5.69 Å². The lowest BCUT2D eigenvalue weighted by molar-refractivity contribution is 0.101. The number of aromatic nitrogens is 4. The predicted octanol–water partition coefficient (Wildman–Crippen LogP) is 2.28. The zero-order valence-electron chi connectivity index (χ0n) is 8.19. The maximum absolute atomic E-state index is 11.4. The van der Waals surface area contributed by atoms with Crippen molar-refractivity contribution in [2.24, 2.45) is 0 Å². The van der Waals surface area contributed by atoms with Crippen LogP contribution < -0.4 is 0 Å². The molecule has 2 aromatic rings. The number of nitrogens with zero attached hydrogens (tertiary/aromatic N) is 4. The number of rotatable bonds is 2. The molecule has 0 amide bonds. The largest absolute Gasteiger partial charge is 0.293 e. The molecule has 5 nitrogen and oxygen atoms in total. The molecule has 0 fully saturated rings. The van der Waals surface area contributed by atoms with Gasteiger partial charge in [-0.1, -0.05) is 11.6 Å². The second-order valence-electron chi connectivity index (χ2n) is 3.00. The third-order valence-corrected chi connectivity index (χ3v) is 2.54. The molecular weight excluding hydrogens is 295 g/mol. The van der Waals surface area contributed by atoms with E-state index >= 15 is 0 Å². The summed E-state index contributed by atoms with van der Waals surface area (Å²) in [6.45, 7) is 1.42. The Morgan fingerprint density at radius 3 is 2.88 bits per heavy atom. The first-order valence-electron chi connectivity index (χ1n) is 4.33. The molecule has 0 aromatic carbocycles. The van der Waals surface area contributed by atoms with E-state index in [2.05, 4.69) is 31.1 Å². The number of Topliss-reactive ketones (excluding diaryl/α,β-unsaturated/α-hetero) is 1. The highest BCUT2D eigenvalue weighted by Gasteiger charge is 2.16. The summed E-state index contributed by atoms with van der Waals surface area (Å²) in [5.74, 6) is -0.189. The Morgan fingerprint density at radius 2 is 2.31 bits per heavy atom. The number of hydrogen-bond acceptors (Lipinski definition) is 4. The SMILES string of the molecule is CC(=O)c1nccc(Cl)c1-n1ncc(Br)n1. The van der Waals surface area contributed by atoms with Crippen LogP contribution >= 0.6 is 27.5 Å². The van der Waals surface area contributed by atoms with Crippen LogP contribution in [-0.4, -0.2) is 25.8 Å². The van der Waals surface area contributed by atoms with Gasteiger partial charge in [0.25, 0.3) is 0 Å². The fourth-order valence-electron chi connectivity index (χ4n) is 1.23. The summed E-state index contributed by atoms with van der Waals surface area (Å²) in [5, 5.41) is 8.38. The van der Waals surface area contributed by atoms with Crippen LogP contribution in [0.5, 0.6) is 0 Å². The normalized spacial score (nSPS) is 10.4. The fourth-order valence-corrected chi connectivity index (χ4v) is 1.69. The topological polar surface area (TPSA) is 60.7 Å². The van der Waals surface area contributed by atoms with Crippen LogP contribution in [0.25, 0.3) is 5.69 Å². The average molecular weight is 302 g/mol. The summed E-state index contributed by atoms with van der Waals surface area (Å²) in [7, 11) is 0.